The minimum Gasteiger partial charge on any atom is -0.315 e. The number of aliphatic imine (C=N–C) groups is 1. The Morgan fingerprint density at radius 2 is 2.29 bits per heavy atom. The smallest absolute Gasteiger partial charge is 0.240 e. The molecule has 1 aromatic rings. The van der Waals surface area contributed by atoms with Gasteiger partial charge in [0.2, 0.25) is 12.0 Å². The van der Waals surface area contributed by atoms with Crippen LogP contribution >= 0.6 is 0 Å². The second kappa shape index (κ2) is 3.09. The molecular weight excluding hydrogens is 180 g/mol. The second-order valence-corrected chi connectivity index (χ2v) is 3.11. The molecule has 2 rings (SSSR count). The van der Waals surface area contributed by atoms with Gasteiger partial charge in [0.05, 0.1) is 12.1 Å². The van der Waals surface area contributed by atoms with Crippen LogP contribution in [0, 0.1) is 0 Å². The van der Waals surface area contributed by atoms with Crippen molar-refractivity contribution < 1.29 is 9.59 Å². The van der Waals surface area contributed by atoms with E-state index in [1.165, 1.54) is 6.08 Å². The van der Waals surface area contributed by atoms with Crippen LogP contribution in [0.25, 0.3) is 0 Å². The van der Waals surface area contributed by atoms with E-state index in [4.69, 9.17) is 0 Å². The van der Waals surface area contributed by atoms with Gasteiger partial charge in [0.1, 0.15) is 0 Å². The van der Waals surface area contributed by atoms with E-state index in [2.05, 4.69) is 4.99 Å². The average molecular weight is 188 g/mol. The fourth-order valence-electron chi connectivity index (χ4n) is 1.62. The van der Waals surface area contributed by atoms with Gasteiger partial charge in [0.15, 0.2) is 0 Å². The number of benzene rings is 1. The Kier molecular flexibility index (Phi) is 1.91. The van der Waals surface area contributed by atoms with Gasteiger partial charge in [-0.15, -0.1) is 0 Å². The molecule has 14 heavy (non-hydrogen) atoms. The van der Waals surface area contributed by atoms with Crippen LogP contribution in [0.1, 0.15) is 5.56 Å². The van der Waals surface area contributed by atoms with E-state index < -0.39 is 0 Å². The summed E-state index contributed by atoms with van der Waals surface area (Å²) in [5, 5.41) is 0. The summed E-state index contributed by atoms with van der Waals surface area (Å²) in [4.78, 5) is 26.7. The van der Waals surface area contributed by atoms with Crippen LogP contribution in [0.2, 0.25) is 0 Å². The molecule has 0 radical (unpaired) electrons. The first-order valence-electron chi connectivity index (χ1n) is 4.20. The monoisotopic (exact) mass is 188 g/mol. The molecule has 0 saturated heterocycles. The standard InChI is InChI=1S/C10H8N2O2/c1-12-9-4-2-3-8(11-6-13)7(9)5-10(12)14/h2-4H,5H2,1H3. The summed E-state index contributed by atoms with van der Waals surface area (Å²) in [6.07, 6.45) is 1.80. The van der Waals surface area contributed by atoms with Gasteiger partial charge in [-0.3, -0.25) is 4.79 Å². The summed E-state index contributed by atoms with van der Waals surface area (Å²) in [5.74, 6) is 0.0218. The average Bonchev–Trinajstić information content (AvgIpc) is 2.46. The van der Waals surface area contributed by atoms with Gasteiger partial charge < -0.3 is 4.90 Å². The van der Waals surface area contributed by atoms with Crippen LogP contribution in [0.5, 0.6) is 0 Å². The maximum absolute atomic E-state index is 11.4. The highest BCUT2D eigenvalue weighted by atomic mass is 16.2. The van der Waals surface area contributed by atoms with Gasteiger partial charge in [0.25, 0.3) is 0 Å². The predicted octanol–water partition coefficient (Wildman–Crippen LogP) is 1.17. The normalized spacial score (nSPS) is 13.8. The van der Waals surface area contributed by atoms with Gasteiger partial charge in [-0.05, 0) is 12.1 Å². The lowest BCUT2D eigenvalue weighted by molar-refractivity contribution is -0.117. The summed E-state index contributed by atoms with van der Waals surface area (Å²) < 4.78 is 0. The molecule has 70 valence electrons. The lowest BCUT2D eigenvalue weighted by atomic mass is 10.1. The predicted molar refractivity (Wildman–Crippen MR) is 51.3 cm³/mol. The van der Waals surface area contributed by atoms with Gasteiger partial charge >= 0.3 is 0 Å². The highest BCUT2D eigenvalue weighted by Gasteiger charge is 2.25. The molecule has 0 N–H and O–H groups in total. The number of isocyanates is 1. The molecule has 1 aliphatic heterocycles. The van der Waals surface area contributed by atoms with Crippen LogP contribution in [-0.2, 0) is 16.0 Å². The molecule has 1 aromatic carbocycles. The molecule has 0 bridgehead atoms. The number of anilines is 1. The molecule has 0 unspecified atom stereocenters. The molecular formula is C10H8N2O2. The third kappa shape index (κ3) is 1.13. The number of amides is 1. The number of nitrogens with zero attached hydrogens (tertiary/aromatic N) is 2. The summed E-state index contributed by atoms with van der Waals surface area (Å²) in [5.41, 5.74) is 2.17. The van der Waals surface area contributed by atoms with Gasteiger partial charge in [0, 0.05) is 18.3 Å². The highest BCUT2D eigenvalue weighted by molar-refractivity contribution is 6.02. The minimum atomic E-state index is 0.0218. The van der Waals surface area contributed by atoms with Crippen LogP contribution < -0.4 is 4.90 Å². The van der Waals surface area contributed by atoms with Gasteiger partial charge in [-0.1, -0.05) is 6.07 Å². The molecule has 1 amide bonds. The highest BCUT2D eigenvalue weighted by Crippen LogP contribution is 2.34. The van der Waals surface area contributed by atoms with Crippen molar-refractivity contribution in [2.75, 3.05) is 11.9 Å². The van der Waals surface area contributed by atoms with E-state index in [1.54, 1.807) is 24.1 Å². The third-order valence-corrected chi connectivity index (χ3v) is 2.36. The molecule has 0 spiro atoms. The van der Waals surface area contributed by atoms with Crippen LogP contribution in [-0.4, -0.2) is 19.0 Å². The van der Waals surface area contributed by atoms with E-state index >= 15 is 0 Å². The first kappa shape index (κ1) is 8.66. The number of hydrogen-bond donors (Lipinski definition) is 0. The summed E-state index contributed by atoms with van der Waals surface area (Å²) in [6, 6.07) is 5.31. The van der Waals surface area contributed by atoms with Crippen molar-refractivity contribution in [3.63, 3.8) is 0 Å². The van der Waals surface area contributed by atoms with E-state index in [0.29, 0.717) is 12.1 Å². The molecule has 4 nitrogen and oxygen atoms in total. The maximum atomic E-state index is 11.4. The molecule has 0 saturated carbocycles. The van der Waals surface area contributed by atoms with E-state index in [1.807, 2.05) is 6.07 Å². The number of carbonyl (C=O) groups excluding carboxylic acids is 2. The number of hydrogen-bond acceptors (Lipinski definition) is 3. The van der Waals surface area contributed by atoms with Crippen LogP contribution in [0.4, 0.5) is 11.4 Å². The molecule has 0 aliphatic carbocycles. The zero-order valence-corrected chi connectivity index (χ0v) is 7.65. The number of fused-ring (bicyclic) bond motifs is 1. The second-order valence-electron chi connectivity index (χ2n) is 3.11. The van der Waals surface area contributed by atoms with Crippen molar-refractivity contribution >= 4 is 23.4 Å². The number of carbonyl (C=O) groups is 1. The van der Waals surface area contributed by atoms with Crippen molar-refractivity contribution in [2.24, 2.45) is 4.99 Å². The van der Waals surface area contributed by atoms with Gasteiger partial charge in [-0.25, -0.2) is 4.79 Å². The molecule has 0 aromatic heterocycles. The van der Waals surface area contributed by atoms with Crippen molar-refractivity contribution in [3.8, 4) is 0 Å². The van der Waals surface area contributed by atoms with Crippen molar-refractivity contribution in [1.29, 1.82) is 0 Å². The molecule has 0 atom stereocenters. The fraction of sp³-hybridized carbons (Fsp3) is 0.200. The van der Waals surface area contributed by atoms with Crippen molar-refractivity contribution in [3.05, 3.63) is 23.8 Å². The zero-order valence-electron chi connectivity index (χ0n) is 7.65. The lowest BCUT2D eigenvalue weighted by Gasteiger charge is -2.09. The third-order valence-electron chi connectivity index (χ3n) is 2.36. The first-order chi connectivity index (χ1) is 6.74. The number of likely N-dealkylation sites (N-methyl/N-ethyl adjacent to an activating group) is 1. The summed E-state index contributed by atoms with van der Waals surface area (Å²) >= 11 is 0. The Morgan fingerprint density at radius 3 is 3.00 bits per heavy atom. The van der Waals surface area contributed by atoms with Crippen LogP contribution in [0.15, 0.2) is 23.2 Å². The van der Waals surface area contributed by atoms with Gasteiger partial charge in [-0.2, -0.15) is 4.99 Å². The van der Waals surface area contributed by atoms with Crippen molar-refractivity contribution in [1.82, 2.24) is 0 Å². The first-order valence-corrected chi connectivity index (χ1v) is 4.20. The topological polar surface area (TPSA) is 49.7 Å². The van der Waals surface area contributed by atoms with Crippen LogP contribution in [0.3, 0.4) is 0 Å². The van der Waals surface area contributed by atoms with E-state index in [-0.39, 0.29) is 5.91 Å². The molecule has 0 fully saturated rings. The van der Waals surface area contributed by atoms with E-state index in [0.717, 1.165) is 11.3 Å². The Balaban J connectivity index is 2.60. The van der Waals surface area contributed by atoms with E-state index in [9.17, 15) is 9.59 Å². The Morgan fingerprint density at radius 1 is 1.50 bits per heavy atom. The fourth-order valence-corrected chi connectivity index (χ4v) is 1.62. The maximum Gasteiger partial charge on any atom is 0.240 e. The lowest BCUT2D eigenvalue weighted by Crippen LogP contribution is -2.20. The number of rotatable bonds is 1. The minimum absolute atomic E-state index is 0.0218. The largest absolute Gasteiger partial charge is 0.315 e. The Bertz CT molecular complexity index is 447. The molecule has 1 aliphatic rings. The van der Waals surface area contributed by atoms with Crippen molar-refractivity contribution in [2.45, 2.75) is 6.42 Å². The summed E-state index contributed by atoms with van der Waals surface area (Å²) in [6.45, 7) is 0. The molecule has 1 heterocycles. The Hall–Kier alpha value is -1.93. The molecule has 4 heteroatoms. The Labute approximate surface area is 80.9 Å². The SMILES string of the molecule is CN1C(=O)Cc2c(N=C=O)cccc21. The zero-order chi connectivity index (χ0) is 10.1. The summed E-state index contributed by atoms with van der Waals surface area (Å²) in [7, 11) is 1.71. The quantitative estimate of drug-likeness (QED) is 0.490.